The quantitative estimate of drug-likeness (QED) is 0.692. The van der Waals surface area contributed by atoms with E-state index in [1.165, 1.54) is 12.3 Å². The molecule has 3 nitrogen and oxygen atoms in total. The molecule has 0 unspecified atom stereocenters. The minimum atomic E-state index is -1.01. The van der Waals surface area contributed by atoms with Gasteiger partial charge >= 0.3 is 0 Å². The molecule has 2 aromatic carbocycles. The van der Waals surface area contributed by atoms with Crippen molar-refractivity contribution in [1.82, 2.24) is 9.97 Å². The molecular formula is C14H7BrF2N2O. The number of hydrogen-bond acceptors (Lipinski definition) is 3. The predicted octanol–water partition coefficient (Wildman–Crippen LogP) is 4.46. The van der Waals surface area contributed by atoms with Gasteiger partial charge in [0.1, 0.15) is 11.3 Å². The third-order valence-electron chi connectivity index (χ3n) is 2.63. The highest BCUT2D eigenvalue weighted by Gasteiger charge is 2.11. The number of rotatable bonds is 2. The standard InChI is InChI=1S/C14H7BrF2N2O/c15-8-3-1-2-4-11(8)20-12-7-18-14-10(19-12)6-5-9(16)13(14)17/h1-7H. The second-order valence-electron chi connectivity index (χ2n) is 3.97. The van der Waals surface area contributed by atoms with Crippen LogP contribution in [0.3, 0.4) is 0 Å². The van der Waals surface area contributed by atoms with E-state index in [0.717, 1.165) is 10.5 Å². The first-order valence-electron chi connectivity index (χ1n) is 5.68. The van der Waals surface area contributed by atoms with E-state index in [2.05, 4.69) is 25.9 Å². The molecule has 0 aliphatic heterocycles. The largest absolute Gasteiger partial charge is 0.436 e. The lowest BCUT2D eigenvalue weighted by Crippen LogP contribution is -1.95. The van der Waals surface area contributed by atoms with E-state index in [9.17, 15) is 8.78 Å². The highest BCUT2D eigenvalue weighted by molar-refractivity contribution is 9.10. The van der Waals surface area contributed by atoms with Gasteiger partial charge in [0, 0.05) is 0 Å². The zero-order valence-corrected chi connectivity index (χ0v) is 11.6. The van der Waals surface area contributed by atoms with Gasteiger partial charge in [-0.2, -0.15) is 0 Å². The summed E-state index contributed by atoms with van der Waals surface area (Å²) >= 11 is 3.34. The molecule has 0 aliphatic carbocycles. The number of halogens is 3. The number of para-hydroxylation sites is 1. The summed E-state index contributed by atoms with van der Waals surface area (Å²) in [7, 11) is 0. The number of benzene rings is 2. The molecule has 0 radical (unpaired) electrons. The smallest absolute Gasteiger partial charge is 0.238 e. The van der Waals surface area contributed by atoms with E-state index < -0.39 is 11.6 Å². The first-order chi connectivity index (χ1) is 9.65. The minimum absolute atomic E-state index is 0.121. The number of ether oxygens (including phenoxy) is 1. The van der Waals surface area contributed by atoms with E-state index in [0.29, 0.717) is 5.75 Å². The van der Waals surface area contributed by atoms with E-state index >= 15 is 0 Å². The molecule has 0 saturated carbocycles. The molecule has 0 fully saturated rings. The topological polar surface area (TPSA) is 35.0 Å². The fourth-order valence-electron chi connectivity index (χ4n) is 1.70. The zero-order chi connectivity index (χ0) is 14.1. The number of nitrogens with zero attached hydrogens (tertiary/aromatic N) is 2. The molecule has 0 spiro atoms. The fraction of sp³-hybridized carbons (Fsp3) is 0. The molecule has 0 atom stereocenters. The maximum atomic E-state index is 13.5. The average molecular weight is 337 g/mol. The van der Waals surface area contributed by atoms with Crippen LogP contribution in [0, 0.1) is 11.6 Å². The van der Waals surface area contributed by atoms with E-state index in [1.807, 2.05) is 18.2 Å². The Labute approximate surface area is 121 Å². The molecule has 3 aromatic rings. The molecule has 0 N–H and O–H groups in total. The zero-order valence-electron chi connectivity index (χ0n) is 9.98. The van der Waals surface area contributed by atoms with Gasteiger partial charge in [0.2, 0.25) is 5.88 Å². The summed E-state index contributed by atoms with van der Waals surface area (Å²) in [5, 5.41) is 0. The van der Waals surface area contributed by atoms with Crippen LogP contribution >= 0.6 is 15.9 Å². The van der Waals surface area contributed by atoms with Crippen molar-refractivity contribution in [3.05, 3.63) is 58.7 Å². The minimum Gasteiger partial charge on any atom is -0.436 e. The van der Waals surface area contributed by atoms with Gasteiger partial charge in [0.25, 0.3) is 0 Å². The fourth-order valence-corrected chi connectivity index (χ4v) is 2.07. The molecule has 0 amide bonds. The van der Waals surface area contributed by atoms with Gasteiger partial charge in [-0.15, -0.1) is 0 Å². The van der Waals surface area contributed by atoms with Gasteiger partial charge in [0.05, 0.1) is 16.2 Å². The number of hydrogen-bond donors (Lipinski definition) is 0. The molecule has 0 aliphatic rings. The lowest BCUT2D eigenvalue weighted by atomic mass is 10.3. The maximum absolute atomic E-state index is 13.5. The summed E-state index contributed by atoms with van der Waals surface area (Å²) < 4.78 is 32.9. The highest BCUT2D eigenvalue weighted by Crippen LogP contribution is 2.28. The van der Waals surface area contributed by atoms with Crippen LogP contribution in [0.25, 0.3) is 11.0 Å². The molecule has 3 rings (SSSR count). The van der Waals surface area contributed by atoms with Crippen LogP contribution in [0.5, 0.6) is 11.6 Å². The molecule has 0 bridgehead atoms. The van der Waals surface area contributed by atoms with E-state index in [1.54, 1.807) is 6.07 Å². The van der Waals surface area contributed by atoms with Crippen LogP contribution in [-0.2, 0) is 0 Å². The van der Waals surface area contributed by atoms with E-state index in [4.69, 9.17) is 4.74 Å². The van der Waals surface area contributed by atoms with Crippen molar-refractivity contribution >= 4 is 27.0 Å². The first-order valence-corrected chi connectivity index (χ1v) is 6.47. The van der Waals surface area contributed by atoms with Crippen molar-refractivity contribution < 1.29 is 13.5 Å². The monoisotopic (exact) mass is 336 g/mol. The molecule has 1 aromatic heterocycles. The van der Waals surface area contributed by atoms with Crippen molar-refractivity contribution in [2.45, 2.75) is 0 Å². The van der Waals surface area contributed by atoms with Gasteiger partial charge in [-0.05, 0) is 40.2 Å². The van der Waals surface area contributed by atoms with Crippen LogP contribution in [0.4, 0.5) is 8.78 Å². The van der Waals surface area contributed by atoms with Crippen LogP contribution in [0.15, 0.2) is 47.1 Å². The third-order valence-corrected chi connectivity index (χ3v) is 3.29. The second-order valence-corrected chi connectivity index (χ2v) is 4.82. The highest BCUT2D eigenvalue weighted by atomic mass is 79.9. The Morgan fingerprint density at radius 2 is 1.85 bits per heavy atom. The summed E-state index contributed by atoms with van der Waals surface area (Å²) in [5.41, 5.74) is 0.109. The summed E-state index contributed by atoms with van der Waals surface area (Å²) in [6.07, 6.45) is 1.25. The normalized spacial score (nSPS) is 10.8. The van der Waals surface area contributed by atoms with Crippen molar-refractivity contribution in [3.63, 3.8) is 0 Å². The Kier molecular flexibility index (Phi) is 3.31. The maximum Gasteiger partial charge on any atom is 0.238 e. The lowest BCUT2D eigenvalue weighted by molar-refractivity contribution is 0.459. The van der Waals surface area contributed by atoms with Crippen molar-refractivity contribution in [2.75, 3.05) is 0 Å². The van der Waals surface area contributed by atoms with Gasteiger partial charge in [0.15, 0.2) is 11.6 Å². The van der Waals surface area contributed by atoms with Crippen LogP contribution in [0.2, 0.25) is 0 Å². The average Bonchev–Trinajstić information content (AvgIpc) is 2.46. The summed E-state index contributed by atoms with van der Waals surface area (Å²) in [4.78, 5) is 7.95. The van der Waals surface area contributed by atoms with Gasteiger partial charge in [-0.1, -0.05) is 12.1 Å². The first kappa shape index (κ1) is 12.9. The SMILES string of the molecule is Fc1ccc2nc(Oc3ccccc3Br)cnc2c1F. The Morgan fingerprint density at radius 3 is 2.65 bits per heavy atom. The molecule has 0 saturated heterocycles. The Balaban J connectivity index is 2.02. The van der Waals surface area contributed by atoms with Crippen LogP contribution in [-0.4, -0.2) is 9.97 Å². The van der Waals surface area contributed by atoms with Gasteiger partial charge < -0.3 is 4.74 Å². The Morgan fingerprint density at radius 1 is 1.05 bits per heavy atom. The van der Waals surface area contributed by atoms with E-state index in [-0.39, 0.29) is 16.9 Å². The molecule has 100 valence electrons. The van der Waals surface area contributed by atoms with Crippen molar-refractivity contribution in [1.29, 1.82) is 0 Å². The summed E-state index contributed by atoms with van der Waals surface area (Å²) in [6, 6.07) is 9.59. The Bertz CT molecular complexity index is 795. The van der Waals surface area contributed by atoms with Gasteiger partial charge in [-0.25, -0.2) is 18.7 Å². The van der Waals surface area contributed by atoms with Gasteiger partial charge in [-0.3, -0.25) is 0 Å². The number of aromatic nitrogens is 2. The number of fused-ring (bicyclic) bond motifs is 1. The Hall–Kier alpha value is -2.08. The second kappa shape index (κ2) is 5.13. The molecule has 1 heterocycles. The van der Waals surface area contributed by atoms with Crippen LogP contribution < -0.4 is 4.74 Å². The molecule has 6 heteroatoms. The van der Waals surface area contributed by atoms with Crippen molar-refractivity contribution in [2.24, 2.45) is 0 Å². The molecular weight excluding hydrogens is 330 g/mol. The molecule has 20 heavy (non-hydrogen) atoms. The summed E-state index contributed by atoms with van der Waals surface area (Å²) in [5.74, 6) is -1.20. The third kappa shape index (κ3) is 2.34. The van der Waals surface area contributed by atoms with Crippen molar-refractivity contribution in [3.8, 4) is 11.6 Å². The lowest BCUT2D eigenvalue weighted by Gasteiger charge is -2.07. The predicted molar refractivity (Wildman–Crippen MR) is 73.7 cm³/mol. The van der Waals surface area contributed by atoms with Crippen LogP contribution in [0.1, 0.15) is 0 Å². The summed E-state index contributed by atoms with van der Waals surface area (Å²) in [6.45, 7) is 0.